The maximum atomic E-state index is 13.2. The molecule has 6 aliphatic rings. The fourth-order valence-electron chi connectivity index (χ4n) is 11.8. The van der Waals surface area contributed by atoms with Gasteiger partial charge in [-0.1, -0.05) is 32.0 Å². The molecule has 6 fully saturated rings. The van der Waals surface area contributed by atoms with E-state index in [0.717, 1.165) is 56.7 Å². The monoisotopic (exact) mass is 608 g/mol. The third kappa shape index (κ3) is 5.09. The summed E-state index contributed by atoms with van der Waals surface area (Å²) in [4.78, 5) is 5.12. The quantitative estimate of drug-likeness (QED) is 0.321. The van der Waals surface area contributed by atoms with Crippen molar-refractivity contribution >= 4 is 0 Å². The lowest BCUT2D eigenvalue weighted by Gasteiger charge is -2.65. The van der Waals surface area contributed by atoms with Crippen molar-refractivity contribution in [1.29, 1.82) is 0 Å². The molecule has 0 spiro atoms. The Morgan fingerprint density at radius 2 is 1.50 bits per heavy atom. The van der Waals surface area contributed by atoms with Gasteiger partial charge in [0.15, 0.2) is 0 Å². The van der Waals surface area contributed by atoms with Crippen LogP contribution in [0.3, 0.4) is 0 Å². The van der Waals surface area contributed by atoms with Crippen molar-refractivity contribution in [3.05, 3.63) is 29.8 Å². The Hall–Kier alpha value is -1.18. The molecular weight excluding hydrogens is 548 g/mol. The molecule has 0 radical (unpaired) electrons. The Labute approximate surface area is 267 Å². The molecule has 0 aromatic heterocycles. The van der Waals surface area contributed by atoms with Crippen LogP contribution in [-0.2, 0) is 15.1 Å². The molecule has 8 atom stereocenters. The summed E-state index contributed by atoms with van der Waals surface area (Å²) in [5, 5.41) is 13.2. The van der Waals surface area contributed by atoms with E-state index < -0.39 is 11.2 Å². The van der Waals surface area contributed by atoms with Crippen molar-refractivity contribution in [3.8, 4) is 5.75 Å². The van der Waals surface area contributed by atoms with Crippen LogP contribution in [0.5, 0.6) is 5.75 Å². The van der Waals surface area contributed by atoms with Gasteiger partial charge in [-0.2, -0.15) is 0 Å². The predicted octanol–water partition coefficient (Wildman–Crippen LogP) is 6.64. The summed E-state index contributed by atoms with van der Waals surface area (Å²) in [6, 6.07) is 8.51. The largest absolute Gasteiger partial charge is 0.496 e. The fourth-order valence-corrected chi connectivity index (χ4v) is 11.8. The molecule has 0 amide bonds. The summed E-state index contributed by atoms with van der Waals surface area (Å²) in [6.45, 7) is 13.5. The number of rotatable bonds is 10. The molecule has 0 bridgehead atoms. The van der Waals surface area contributed by atoms with E-state index in [2.05, 4.69) is 47.9 Å². The summed E-state index contributed by atoms with van der Waals surface area (Å²) < 4.78 is 19.7. The number of para-hydroxylation sites is 1. The van der Waals surface area contributed by atoms with E-state index in [0.29, 0.717) is 35.9 Å². The number of nitrogens with zero attached hydrogens (tertiary/aromatic N) is 2. The average Bonchev–Trinajstić information content (AvgIpc) is 3.79. The molecule has 6 heteroatoms. The van der Waals surface area contributed by atoms with Crippen LogP contribution in [-0.4, -0.2) is 86.2 Å². The molecule has 2 heterocycles. The van der Waals surface area contributed by atoms with E-state index in [4.69, 9.17) is 14.2 Å². The zero-order chi connectivity index (χ0) is 30.4. The summed E-state index contributed by atoms with van der Waals surface area (Å²) >= 11 is 0. The number of hydrogen-bond donors (Lipinski definition) is 1. The average molecular weight is 609 g/mol. The molecule has 4 saturated carbocycles. The van der Waals surface area contributed by atoms with Gasteiger partial charge in [-0.3, -0.25) is 0 Å². The Balaban J connectivity index is 1.10. The maximum absolute atomic E-state index is 13.2. The van der Waals surface area contributed by atoms with Crippen molar-refractivity contribution in [1.82, 2.24) is 9.80 Å². The van der Waals surface area contributed by atoms with Gasteiger partial charge in [-0.15, -0.1) is 0 Å². The molecular formula is C38H60N2O4. The number of aliphatic hydroxyl groups is 1. The van der Waals surface area contributed by atoms with Crippen LogP contribution in [0.2, 0.25) is 0 Å². The van der Waals surface area contributed by atoms with Gasteiger partial charge in [-0.25, -0.2) is 0 Å². The standard InChI is InChI=1S/C38H60N2O4/c1-35-16-14-30(43-26-24-39-20-6-7-21-39)28-29(35)12-13-32-31(35)15-17-36(2)37(32,41)18-19-38(36,33-10-4-5-11-34(33)42-3)44-27-25-40-22-8-9-23-40/h4-5,10-11,29-32,41H,6-9,12-28H2,1-3H3/t29?,30?,31-,32-,35+,36+,37-,38?/m1/s1. The minimum absolute atomic E-state index is 0.293. The van der Waals surface area contributed by atoms with Crippen molar-refractivity contribution in [2.45, 2.75) is 115 Å². The molecule has 2 saturated heterocycles. The van der Waals surface area contributed by atoms with Crippen LogP contribution in [0.25, 0.3) is 0 Å². The van der Waals surface area contributed by atoms with Gasteiger partial charge in [-0.05, 0) is 139 Å². The summed E-state index contributed by atoms with van der Waals surface area (Å²) in [5.74, 6) is 2.51. The van der Waals surface area contributed by atoms with Crippen molar-refractivity contribution < 1.29 is 19.3 Å². The number of fused-ring (bicyclic) bond motifs is 5. The van der Waals surface area contributed by atoms with Gasteiger partial charge in [0.05, 0.1) is 32.0 Å². The van der Waals surface area contributed by atoms with Crippen LogP contribution in [0.15, 0.2) is 24.3 Å². The van der Waals surface area contributed by atoms with Gasteiger partial charge < -0.3 is 29.1 Å². The normalized spacial score (nSPS) is 42.6. The lowest BCUT2D eigenvalue weighted by molar-refractivity contribution is -0.250. The molecule has 1 aromatic carbocycles. The molecule has 246 valence electrons. The van der Waals surface area contributed by atoms with E-state index in [1.807, 2.05) is 0 Å². The highest BCUT2D eigenvalue weighted by Crippen LogP contribution is 2.73. The maximum Gasteiger partial charge on any atom is 0.124 e. The molecule has 4 aliphatic carbocycles. The Morgan fingerprint density at radius 1 is 0.795 bits per heavy atom. The molecule has 7 rings (SSSR count). The third-order valence-corrected chi connectivity index (χ3v) is 14.4. The van der Waals surface area contributed by atoms with Gasteiger partial charge in [0, 0.05) is 24.1 Å². The highest BCUT2D eigenvalue weighted by Gasteiger charge is 2.73. The SMILES string of the molecule is COc1ccccc1C1(OCCN2CCCC2)CC[C@@]2(O)[C@@H]3CCC4CC(OCCN5CCCC5)CC[C@]4(C)[C@@H]3CC[C@]12C. The van der Waals surface area contributed by atoms with Crippen LogP contribution < -0.4 is 4.74 Å². The summed E-state index contributed by atoms with van der Waals surface area (Å²) in [7, 11) is 1.78. The second kappa shape index (κ2) is 12.4. The second-order valence-electron chi connectivity index (χ2n) is 16.0. The summed E-state index contributed by atoms with van der Waals surface area (Å²) in [6.07, 6.45) is 15.5. The van der Waals surface area contributed by atoms with Gasteiger partial charge >= 0.3 is 0 Å². The number of methoxy groups -OCH3 is 1. The minimum Gasteiger partial charge on any atom is -0.496 e. The Bertz CT molecular complexity index is 1140. The van der Waals surface area contributed by atoms with E-state index >= 15 is 0 Å². The number of likely N-dealkylation sites (tertiary alicyclic amines) is 2. The Kier molecular flexibility index (Phi) is 8.89. The van der Waals surface area contributed by atoms with Crippen molar-refractivity contribution in [3.63, 3.8) is 0 Å². The first-order valence-electron chi connectivity index (χ1n) is 18.4. The molecule has 1 N–H and O–H groups in total. The lowest BCUT2D eigenvalue weighted by Crippen LogP contribution is -2.65. The molecule has 3 unspecified atom stereocenters. The molecule has 1 aromatic rings. The second-order valence-corrected chi connectivity index (χ2v) is 16.0. The minimum atomic E-state index is -0.735. The first kappa shape index (κ1) is 31.4. The van der Waals surface area contributed by atoms with E-state index in [1.54, 1.807) is 7.11 Å². The highest BCUT2D eigenvalue weighted by molar-refractivity contribution is 5.43. The van der Waals surface area contributed by atoms with Crippen LogP contribution in [0.4, 0.5) is 0 Å². The summed E-state index contributed by atoms with van der Waals surface area (Å²) in [5.41, 5.74) is -0.202. The number of ether oxygens (including phenoxy) is 3. The van der Waals surface area contributed by atoms with Crippen LogP contribution in [0, 0.1) is 28.6 Å². The number of benzene rings is 1. The van der Waals surface area contributed by atoms with E-state index in [9.17, 15) is 5.11 Å². The lowest BCUT2D eigenvalue weighted by atomic mass is 9.42. The van der Waals surface area contributed by atoms with Gasteiger partial charge in [0.25, 0.3) is 0 Å². The first-order chi connectivity index (χ1) is 21.3. The number of hydrogen-bond acceptors (Lipinski definition) is 6. The smallest absolute Gasteiger partial charge is 0.124 e. The van der Waals surface area contributed by atoms with Crippen molar-refractivity contribution in [2.75, 3.05) is 59.6 Å². The zero-order valence-corrected chi connectivity index (χ0v) is 28.0. The van der Waals surface area contributed by atoms with E-state index in [-0.39, 0.29) is 5.41 Å². The molecule has 6 nitrogen and oxygen atoms in total. The van der Waals surface area contributed by atoms with Crippen LogP contribution >= 0.6 is 0 Å². The molecule has 44 heavy (non-hydrogen) atoms. The fraction of sp³-hybridized carbons (Fsp3) is 0.842. The highest BCUT2D eigenvalue weighted by atomic mass is 16.5. The topological polar surface area (TPSA) is 54.4 Å². The van der Waals surface area contributed by atoms with Gasteiger partial charge in [0.2, 0.25) is 0 Å². The van der Waals surface area contributed by atoms with Gasteiger partial charge in [0.1, 0.15) is 11.4 Å². The van der Waals surface area contributed by atoms with E-state index in [1.165, 1.54) is 84.0 Å². The first-order valence-corrected chi connectivity index (χ1v) is 18.4. The zero-order valence-electron chi connectivity index (χ0n) is 28.0. The third-order valence-electron chi connectivity index (χ3n) is 14.4. The van der Waals surface area contributed by atoms with Crippen molar-refractivity contribution in [2.24, 2.45) is 28.6 Å². The molecule has 2 aliphatic heterocycles. The predicted molar refractivity (Wildman–Crippen MR) is 175 cm³/mol. The Morgan fingerprint density at radius 3 is 2.23 bits per heavy atom. The van der Waals surface area contributed by atoms with Crippen LogP contribution in [0.1, 0.15) is 103 Å².